The van der Waals surface area contributed by atoms with Crippen molar-refractivity contribution in [1.29, 1.82) is 0 Å². The molecular weight excluding hydrogens is 360 g/mol. The Morgan fingerprint density at radius 1 is 1.05 bits per heavy atom. The van der Waals surface area contributed by atoms with Crippen LogP contribution in [0.3, 0.4) is 0 Å². The lowest BCUT2D eigenvalue weighted by atomic mass is 10.3. The van der Waals surface area contributed by atoms with Crippen LogP contribution in [0.15, 0.2) is 29.2 Å². The molecule has 0 bridgehead atoms. The molecule has 1 heterocycles. The van der Waals surface area contributed by atoms with Gasteiger partial charge in [-0.2, -0.15) is 28.1 Å². The molecule has 1 aromatic carbocycles. The first-order valence-corrected chi connectivity index (χ1v) is 7.70. The number of halogens is 5. The van der Waals surface area contributed by atoms with Gasteiger partial charge in [0.05, 0.1) is 12.1 Å². The smallest absolute Gasteiger partial charge is 0.323 e. The summed E-state index contributed by atoms with van der Waals surface area (Å²) in [5, 5.41) is 2.71. The van der Waals surface area contributed by atoms with Gasteiger partial charge in [-0.15, -0.1) is 11.8 Å². The lowest BCUT2D eigenvalue weighted by molar-refractivity contribution is -0.129. The molecule has 0 radical (unpaired) electrons. The first-order valence-electron chi connectivity index (χ1n) is 5.96. The molecule has 0 amide bonds. The molecule has 0 fully saturated rings. The van der Waals surface area contributed by atoms with Crippen LogP contribution in [0.1, 0.15) is 6.42 Å². The predicted molar refractivity (Wildman–Crippen MR) is 81.0 cm³/mol. The standard InChI is InChI=1S/C12H9Cl2F3N4S/c13-9-19-10(14)21-11(20-9)18-7-3-1-2-4-8(7)22-6-5-12(15,16)17/h1-4H,5-6H2,(H,18,19,20,21). The van der Waals surface area contributed by atoms with Crippen molar-refractivity contribution in [1.82, 2.24) is 15.0 Å². The lowest BCUT2D eigenvalue weighted by Gasteiger charge is -2.11. The quantitative estimate of drug-likeness (QED) is 0.755. The summed E-state index contributed by atoms with van der Waals surface area (Å²) in [7, 11) is 0. The van der Waals surface area contributed by atoms with E-state index in [1.165, 1.54) is 0 Å². The molecule has 4 nitrogen and oxygen atoms in total. The third-order valence-corrected chi connectivity index (χ3v) is 3.77. The van der Waals surface area contributed by atoms with Gasteiger partial charge in [0.2, 0.25) is 16.5 Å². The summed E-state index contributed by atoms with van der Waals surface area (Å²) < 4.78 is 36.6. The second-order valence-electron chi connectivity index (χ2n) is 4.03. The number of nitrogens with zero attached hydrogens (tertiary/aromatic N) is 3. The van der Waals surface area contributed by atoms with Crippen LogP contribution in [0.4, 0.5) is 24.8 Å². The van der Waals surface area contributed by atoms with Crippen LogP contribution >= 0.6 is 35.0 Å². The largest absolute Gasteiger partial charge is 0.389 e. The number of aromatic nitrogens is 3. The molecular formula is C12H9Cl2F3N4S. The minimum atomic E-state index is -4.18. The molecule has 1 N–H and O–H groups in total. The fourth-order valence-electron chi connectivity index (χ4n) is 1.47. The average molecular weight is 369 g/mol. The highest BCUT2D eigenvalue weighted by Crippen LogP contribution is 2.31. The fraction of sp³-hybridized carbons (Fsp3) is 0.250. The summed E-state index contributed by atoms with van der Waals surface area (Å²) in [6.07, 6.45) is -5.04. The summed E-state index contributed by atoms with van der Waals surface area (Å²) in [5.41, 5.74) is 0.563. The van der Waals surface area contributed by atoms with Crippen LogP contribution in [0.25, 0.3) is 0 Å². The third-order valence-electron chi connectivity index (χ3n) is 2.36. The van der Waals surface area contributed by atoms with Gasteiger partial charge in [0.25, 0.3) is 0 Å². The number of thioether (sulfide) groups is 1. The van der Waals surface area contributed by atoms with Gasteiger partial charge in [0.1, 0.15) is 0 Å². The number of hydrogen-bond donors (Lipinski definition) is 1. The first-order chi connectivity index (χ1) is 10.3. The van der Waals surface area contributed by atoms with Gasteiger partial charge >= 0.3 is 6.18 Å². The molecule has 0 aliphatic heterocycles. The van der Waals surface area contributed by atoms with E-state index in [0.29, 0.717) is 10.6 Å². The van der Waals surface area contributed by atoms with E-state index >= 15 is 0 Å². The Morgan fingerprint density at radius 2 is 1.68 bits per heavy atom. The molecule has 0 spiro atoms. The van der Waals surface area contributed by atoms with Crippen LogP contribution in [0.2, 0.25) is 10.6 Å². The molecule has 0 aliphatic rings. The van der Waals surface area contributed by atoms with E-state index in [1.807, 2.05) is 0 Å². The normalized spacial score (nSPS) is 11.5. The lowest BCUT2D eigenvalue weighted by Crippen LogP contribution is -2.08. The Hall–Kier alpha value is -1.25. The highest BCUT2D eigenvalue weighted by Gasteiger charge is 2.26. The van der Waals surface area contributed by atoms with Gasteiger partial charge in [0, 0.05) is 10.6 Å². The molecule has 2 aromatic rings. The van der Waals surface area contributed by atoms with Crippen molar-refractivity contribution in [3.05, 3.63) is 34.8 Å². The zero-order chi connectivity index (χ0) is 16.2. The van der Waals surface area contributed by atoms with Crippen molar-refractivity contribution in [2.45, 2.75) is 17.5 Å². The number of anilines is 2. The number of alkyl halides is 3. The predicted octanol–water partition coefficient (Wildman–Crippen LogP) is 4.97. The topological polar surface area (TPSA) is 50.7 Å². The van der Waals surface area contributed by atoms with Crippen molar-refractivity contribution in [2.24, 2.45) is 0 Å². The maximum absolute atomic E-state index is 12.2. The van der Waals surface area contributed by atoms with Crippen LogP contribution in [0.5, 0.6) is 0 Å². The van der Waals surface area contributed by atoms with Crippen LogP contribution in [0, 0.1) is 0 Å². The zero-order valence-electron chi connectivity index (χ0n) is 10.9. The molecule has 0 saturated carbocycles. The summed E-state index contributed by atoms with van der Waals surface area (Å²) in [5.74, 6) is 0.0369. The Morgan fingerprint density at radius 3 is 2.32 bits per heavy atom. The fourth-order valence-corrected chi connectivity index (χ4v) is 2.84. The summed E-state index contributed by atoms with van der Waals surface area (Å²) in [6.45, 7) is 0. The molecule has 0 atom stereocenters. The number of benzene rings is 1. The van der Waals surface area contributed by atoms with Crippen LogP contribution in [-0.2, 0) is 0 Å². The Bertz CT molecular complexity index is 634. The first kappa shape index (κ1) is 17.1. The molecule has 2 rings (SSSR count). The second-order valence-corrected chi connectivity index (χ2v) is 5.84. The van der Waals surface area contributed by atoms with Crippen LogP contribution in [-0.4, -0.2) is 26.9 Å². The van der Waals surface area contributed by atoms with Crippen molar-refractivity contribution in [3.63, 3.8) is 0 Å². The minimum Gasteiger partial charge on any atom is -0.323 e. The molecule has 22 heavy (non-hydrogen) atoms. The SMILES string of the molecule is FC(F)(F)CCSc1ccccc1Nc1nc(Cl)nc(Cl)n1. The molecule has 0 unspecified atom stereocenters. The second kappa shape index (κ2) is 7.34. The third kappa shape index (κ3) is 5.51. The summed E-state index contributed by atoms with van der Waals surface area (Å²) in [6, 6.07) is 6.87. The summed E-state index contributed by atoms with van der Waals surface area (Å²) >= 11 is 12.4. The van der Waals surface area contributed by atoms with Crippen LogP contribution < -0.4 is 5.32 Å². The van der Waals surface area contributed by atoms with Crippen molar-refractivity contribution < 1.29 is 13.2 Å². The molecule has 0 aliphatic carbocycles. The van der Waals surface area contributed by atoms with Crippen molar-refractivity contribution in [2.75, 3.05) is 11.1 Å². The molecule has 10 heteroatoms. The molecule has 0 saturated heterocycles. The van der Waals surface area contributed by atoms with Gasteiger partial charge in [-0.1, -0.05) is 12.1 Å². The van der Waals surface area contributed by atoms with E-state index in [2.05, 4.69) is 20.3 Å². The molecule has 118 valence electrons. The zero-order valence-corrected chi connectivity index (χ0v) is 13.2. The van der Waals surface area contributed by atoms with E-state index in [1.54, 1.807) is 24.3 Å². The minimum absolute atomic E-state index is 0.0790. The van der Waals surface area contributed by atoms with Gasteiger partial charge < -0.3 is 5.32 Å². The Balaban J connectivity index is 2.11. The van der Waals surface area contributed by atoms with E-state index < -0.39 is 12.6 Å². The van der Waals surface area contributed by atoms with Gasteiger partial charge in [-0.05, 0) is 35.3 Å². The summed E-state index contributed by atoms with van der Waals surface area (Å²) in [4.78, 5) is 11.9. The average Bonchev–Trinajstić information content (AvgIpc) is 2.38. The number of rotatable bonds is 5. The van der Waals surface area contributed by atoms with E-state index in [-0.39, 0.29) is 22.3 Å². The van der Waals surface area contributed by atoms with Crippen molar-refractivity contribution in [3.8, 4) is 0 Å². The highest BCUT2D eigenvalue weighted by molar-refractivity contribution is 7.99. The van der Waals surface area contributed by atoms with Gasteiger partial charge in [0.15, 0.2) is 0 Å². The number of nitrogens with one attached hydrogen (secondary N) is 1. The Labute approximate surface area is 138 Å². The molecule has 1 aromatic heterocycles. The Kier molecular flexibility index (Phi) is 5.71. The highest BCUT2D eigenvalue weighted by atomic mass is 35.5. The van der Waals surface area contributed by atoms with E-state index in [9.17, 15) is 13.2 Å². The van der Waals surface area contributed by atoms with E-state index in [4.69, 9.17) is 23.2 Å². The number of para-hydroxylation sites is 1. The van der Waals surface area contributed by atoms with Gasteiger partial charge in [-0.3, -0.25) is 0 Å². The maximum atomic E-state index is 12.2. The van der Waals surface area contributed by atoms with Crippen molar-refractivity contribution >= 4 is 46.6 Å². The maximum Gasteiger partial charge on any atom is 0.389 e. The monoisotopic (exact) mass is 368 g/mol. The van der Waals surface area contributed by atoms with E-state index in [0.717, 1.165) is 11.8 Å². The van der Waals surface area contributed by atoms with Gasteiger partial charge in [-0.25, -0.2) is 0 Å². The number of hydrogen-bond acceptors (Lipinski definition) is 5.